The first-order chi connectivity index (χ1) is 9.03. The van der Waals surface area contributed by atoms with E-state index < -0.39 is 10.0 Å². The fraction of sp³-hybridized carbons (Fsp3) is 0.750. The molecule has 0 unspecified atom stereocenters. The molecule has 0 amide bonds. The number of sulfonamides is 1. The van der Waals surface area contributed by atoms with E-state index in [4.69, 9.17) is 0 Å². The summed E-state index contributed by atoms with van der Waals surface area (Å²) in [4.78, 5) is 0. The second-order valence-electron chi connectivity index (χ2n) is 4.52. The lowest BCUT2D eigenvalue weighted by molar-refractivity contribution is 0.569. The van der Waals surface area contributed by atoms with Crippen LogP contribution in [-0.2, 0) is 16.6 Å². The maximum atomic E-state index is 12.2. The summed E-state index contributed by atoms with van der Waals surface area (Å²) >= 11 is 0. The maximum absolute atomic E-state index is 12.2. The van der Waals surface area contributed by atoms with Crippen molar-refractivity contribution in [2.75, 3.05) is 13.1 Å². The van der Waals surface area contributed by atoms with Crippen molar-refractivity contribution in [1.82, 2.24) is 20.2 Å². The lowest BCUT2D eigenvalue weighted by Crippen LogP contribution is -2.27. The zero-order valence-electron chi connectivity index (χ0n) is 11.9. The molecule has 0 saturated heterocycles. The topological polar surface area (TPSA) is 86.9 Å². The summed E-state index contributed by atoms with van der Waals surface area (Å²) in [5.74, 6) is 0. The van der Waals surface area contributed by atoms with Crippen LogP contribution in [0.2, 0.25) is 0 Å². The number of aromatic nitrogens is 2. The first-order valence-corrected chi connectivity index (χ1v) is 8.25. The lowest BCUT2D eigenvalue weighted by atomic mass is 10.2. The molecular weight excluding hydrogens is 264 g/mol. The lowest BCUT2D eigenvalue weighted by Gasteiger charge is -2.07. The van der Waals surface area contributed by atoms with Crippen molar-refractivity contribution in [3.05, 3.63) is 11.3 Å². The molecular formula is C12H24N4O2S. The Balaban J connectivity index is 2.77. The average molecular weight is 288 g/mol. The number of hydrogen-bond acceptors (Lipinski definition) is 4. The molecule has 0 aliphatic heterocycles. The molecule has 1 aromatic heterocycles. The van der Waals surface area contributed by atoms with Crippen molar-refractivity contribution in [1.29, 1.82) is 0 Å². The minimum atomic E-state index is -3.51. The number of nitrogens with one attached hydrogen (secondary N) is 3. The Morgan fingerprint density at radius 1 is 1.26 bits per heavy atom. The van der Waals surface area contributed by atoms with Crippen LogP contribution in [0.3, 0.4) is 0 Å². The molecule has 0 fully saturated rings. The van der Waals surface area contributed by atoms with Gasteiger partial charge < -0.3 is 5.32 Å². The van der Waals surface area contributed by atoms with Gasteiger partial charge in [0.1, 0.15) is 0 Å². The van der Waals surface area contributed by atoms with Gasteiger partial charge in [-0.2, -0.15) is 5.10 Å². The Morgan fingerprint density at radius 3 is 2.63 bits per heavy atom. The molecule has 0 aliphatic rings. The highest BCUT2D eigenvalue weighted by atomic mass is 32.2. The summed E-state index contributed by atoms with van der Waals surface area (Å²) in [5.41, 5.74) is 1.50. The third kappa shape index (κ3) is 4.59. The van der Waals surface area contributed by atoms with E-state index in [1.54, 1.807) is 0 Å². The van der Waals surface area contributed by atoms with Gasteiger partial charge in [-0.05, 0) is 19.9 Å². The van der Waals surface area contributed by atoms with E-state index in [2.05, 4.69) is 27.2 Å². The number of hydrogen-bond donors (Lipinski definition) is 3. The zero-order valence-corrected chi connectivity index (χ0v) is 12.7. The van der Waals surface area contributed by atoms with Gasteiger partial charge in [0.2, 0.25) is 0 Å². The van der Waals surface area contributed by atoms with Gasteiger partial charge in [0.05, 0.1) is 0 Å². The van der Waals surface area contributed by atoms with Crippen molar-refractivity contribution in [2.24, 2.45) is 0 Å². The van der Waals surface area contributed by atoms with Gasteiger partial charge in [0, 0.05) is 24.3 Å². The van der Waals surface area contributed by atoms with Crippen LogP contribution in [0.25, 0.3) is 0 Å². The van der Waals surface area contributed by atoms with Crippen LogP contribution >= 0.6 is 0 Å². The molecule has 0 aliphatic carbocycles. The standard InChI is InChI=1S/C12H24N4O2S/c1-4-6-7-8-14-19(17,18)12-11(9-13-5-2)10(3)15-16-12/h13-14H,4-9H2,1-3H3,(H,15,16). The fourth-order valence-corrected chi connectivity index (χ4v) is 3.03. The number of nitrogens with zero attached hydrogens (tertiary/aromatic N) is 1. The molecule has 0 aromatic carbocycles. The first kappa shape index (κ1) is 16.1. The van der Waals surface area contributed by atoms with E-state index in [1.165, 1.54) is 0 Å². The van der Waals surface area contributed by atoms with Crippen LogP contribution in [-0.4, -0.2) is 31.7 Å². The van der Waals surface area contributed by atoms with Crippen molar-refractivity contribution in [3.8, 4) is 0 Å². The highest BCUT2D eigenvalue weighted by Gasteiger charge is 2.22. The van der Waals surface area contributed by atoms with Crippen LogP contribution in [0, 0.1) is 6.92 Å². The normalized spacial score (nSPS) is 11.9. The summed E-state index contributed by atoms with van der Waals surface area (Å²) in [7, 11) is -3.51. The van der Waals surface area contributed by atoms with Gasteiger partial charge in [-0.25, -0.2) is 13.1 Å². The van der Waals surface area contributed by atoms with Crippen LogP contribution in [0.1, 0.15) is 44.4 Å². The smallest absolute Gasteiger partial charge is 0.260 e. The highest BCUT2D eigenvalue weighted by Crippen LogP contribution is 2.15. The van der Waals surface area contributed by atoms with Gasteiger partial charge >= 0.3 is 0 Å². The van der Waals surface area contributed by atoms with Crippen LogP contribution in [0.15, 0.2) is 5.03 Å². The molecule has 1 rings (SSSR count). The summed E-state index contributed by atoms with van der Waals surface area (Å²) in [6.07, 6.45) is 2.93. The SMILES string of the molecule is CCCCCNS(=O)(=O)c1n[nH]c(C)c1CNCC. The minimum absolute atomic E-state index is 0.113. The quantitative estimate of drug-likeness (QED) is 0.598. The minimum Gasteiger partial charge on any atom is -0.313 e. The molecule has 0 radical (unpaired) electrons. The summed E-state index contributed by atoms with van der Waals surface area (Å²) in [6, 6.07) is 0. The molecule has 6 nitrogen and oxygen atoms in total. The Labute approximate surface area is 115 Å². The molecule has 0 bridgehead atoms. The first-order valence-electron chi connectivity index (χ1n) is 6.77. The van der Waals surface area contributed by atoms with Gasteiger partial charge in [-0.1, -0.05) is 26.7 Å². The predicted molar refractivity (Wildman–Crippen MR) is 75.4 cm³/mol. The molecule has 1 heterocycles. The second-order valence-corrected chi connectivity index (χ2v) is 6.20. The van der Waals surface area contributed by atoms with Crippen molar-refractivity contribution < 1.29 is 8.42 Å². The predicted octanol–water partition coefficient (Wildman–Crippen LogP) is 1.30. The molecule has 7 heteroatoms. The highest BCUT2D eigenvalue weighted by molar-refractivity contribution is 7.89. The van der Waals surface area contributed by atoms with Gasteiger partial charge in [-0.15, -0.1) is 0 Å². The largest absolute Gasteiger partial charge is 0.313 e. The number of aryl methyl sites for hydroxylation is 1. The van der Waals surface area contributed by atoms with Gasteiger partial charge in [0.15, 0.2) is 5.03 Å². The van der Waals surface area contributed by atoms with Crippen molar-refractivity contribution in [2.45, 2.75) is 51.6 Å². The molecule has 0 saturated carbocycles. The number of rotatable bonds is 9. The van der Waals surface area contributed by atoms with Crippen molar-refractivity contribution >= 4 is 10.0 Å². The summed E-state index contributed by atoms with van der Waals surface area (Å²) in [5, 5.41) is 9.91. The molecule has 0 atom stereocenters. The Morgan fingerprint density at radius 2 is 2.00 bits per heavy atom. The molecule has 3 N–H and O–H groups in total. The van der Waals surface area contributed by atoms with E-state index in [0.717, 1.165) is 31.5 Å². The van der Waals surface area contributed by atoms with E-state index in [-0.39, 0.29) is 5.03 Å². The van der Waals surface area contributed by atoms with Crippen molar-refractivity contribution in [3.63, 3.8) is 0 Å². The van der Waals surface area contributed by atoms with Crippen LogP contribution in [0.5, 0.6) is 0 Å². The maximum Gasteiger partial charge on any atom is 0.260 e. The number of unbranched alkanes of at least 4 members (excludes halogenated alkanes) is 2. The number of H-pyrrole nitrogens is 1. The monoisotopic (exact) mass is 288 g/mol. The van der Waals surface area contributed by atoms with E-state index in [9.17, 15) is 8.42 Å². The third-order valence-corrected chi connectivity index (χ3v) is 4.35. The van der Waals surface area contributed by atoms with Gasteiger partial charge in [-0.3, -0.25) is 5.10 Å². The summed E-state index contributed by atoms with van der Waals surface area (Å²) < 4.78 is 26.9. The van der Waals surface area contributed by atoms with Gasteiger partial charge in [0.25, 0.3) is 10.0 Å². The molecule has 1 aromatic rings. The molecule has 110 valence electrons. The summed E-state index contributed by atoms with van der Waals surface area (Å²) in [6.45, 7) is 7.64. The fourth-order valence-electron chi connectivity index (χ4n) is 1.76. The van der Waals surface area contributed by atoms with E-state index in [0.29, 0.717) is 18.7 Å². The molecule has 0 spiro atoms. The third-order valence-electron chi connectivity index (χ3n) is 2.91. The second kappa shape index (κ2) is 7.62. The molecule has 19 heavy (non-hydrogen) atoms. The Kier molecular flexibility index (Phi) is 6.47. The van der Waals surface area contributed by atoms with Crippen LogP contribution < -0.4 is 10.0 Å². The Bertz CT molecular complexity index is 482. The van der Waals surface area contributed by atoms with Crippen LogP contribution in [0.4, 0.5) is 0 Å². The number of aromatic amines is 1. The van der Waals surface area contributed by atoms with E-state index >= 15 is 0 Å². The zero-order chi connectivity index (χ0) is 14.3. The average Bonchev–Trinajstić information content (AvgIpc) is 2.74. The van der Waals surface area contributed by atoms with E-state index in [1.807, 2.05) is 13.8 Å². The Hall–Kier alpha value is -0.920.